The highest BCUT2D eigenvalue weighted by Crippen LogP contribution is 2.27. The Morgan fingerprint density at radius 3 is 2.86 bits per heavy atom. The van der Waals surface area contributed by atoms with Crippen molar-refractivity contribution in [3.8, 4) is 0 Å². The SMILES string of the molecule is CC(C)CCNCc1sc(C(=O)NCc2ccc3c(N)nccc3c2)cc1Cl. The molecule has 28 heavy (non-hydrogen) atoms. The Morgan fingerprint density at radius 1 is 1.25 bits per heavy atom. The molecule has 0 radical (unpaired) electrons. The van der Waals surface area contributed by atoms with Crippen LogP contribution < -0.4 is 16.4 Å². The molecule has 7 heteroatoms. The lowest BCUT2D eigenvalue weighted by Gasteiger charge is -2.07. The number of nitrogens with zero attached hydrogens (tertiary/aromatic N) is 1. The van der Waals surface area contributed by atoms with Gasteiger partial charge in [-0.2, -0.15) is 0 Å². The topological polar surface area (TPSA) is 80.0 Å². The number of benzene rings is 1. The number of aromatic nitrogens is 1. The second-order valence-electron chi connectivity index (χ2n) is 7.18. The number of pyridine rings is 1. The van der Waals surface area contributed by atoms with Gasteiger partial charge in [0, 0.05) is 29.5 Å². The molecule has 148 valence electrons. The Hall–Kier alpha value is -2.15. The van der Waals surface area contributed by atoms with E-state index in [0.29, 0.717) is 34.7 Å². The number of rotatable bonds is 8. The first-order valence-corrected chi connectivity index (χ1v) is 10.5. The van der Waals surface area contributed by atoms with Gasteiger partial charge in [-0.3, -0.25) is 4.79 Å². The number of nitrogens with two attached hydrogens (primary N) is 1. The van der Waals surface area contributed by atoms with E-state index in [2.05, 4.69) is 29.5 Å². The molecule has 0 unspecified atom stereocenters. The van der Waals surface area contributed by atoms with Gasteiger partial charge in [0.15, 0.2) is 0 Å². The summed E-state index contributed by atoms with van der Waals surface area (Å²) in [7, 11) is 0. The van der Waals surface area contributed by atoms with Crippen LogP contribution in [-0.4, -0.2) is 17.4 Å². The van der Waals surface area contributed by atoms with Gasteiger partial charge in [-0.05, 0) is 48.0 Å². The summed E-state index contributed by atoms with van der Waals surface area (Å²) in [6, 6.07) is 9.55. The molecule has 1 amide bonds. The zero-order valence-corrected chi connectivity index (χ0v) is 17.7. The average molecular weight is 417 g/mol. The number of hydrogen-bond donors (Lipinski definition) is 3. The number of nitrogen functional groups attached to an aromatic ring is 1. The van der Waals surface area contributed by atoms with Crippen molar-refractivity contribution in [2.24, 2.45) is 5.92 Å². The maximum Gasteiger partial charge on any atom is 0.261 e. The Kier molecular flexibility index (Phi) is 6.88. The minimum Gasteiger partial charge on any atom is -0.383 e. The fraction of sp³-hybridized carbons (Fsp3) is 0.333. The van der Waals surface area contributed by atoms with Crippen molar-refractivity contribution < 1.29 is 4.79 Å². The molecule has 5 nitrogen and oxygen atoms in total. The van der Waals surface area contributed by atoms with Crippen LogP contribution in [0.5, 0.6) is 0 Å². The molecule has 0 aliphatic carbocycles. The third kappa shape index (κ3) is 5.22. The van der Waals surface area contributed by atoms with Crippen LogP contribution in [0.25, 0.3) is 10.8 Å². The van der Waals surface area contributed by atoms with E-state index in [1.54, 1.807) is 12.3 Å². The zero-order chi connectivity index (χ0) is 20.1. The molecule has 0 aliphatic rings. The van der Waals surface area contributed by atoms with Crippen molar-refractivity contribution in [3.63, 3.8) is 0 Å². The summed E-state index contributed by atoms with van der Waals surface area (Å²) in [6.07, 6.45) is 2.80. The first kappa shape index (κ1) is 20.6. The average Bonchev–Trinajstić information content (AvgIpc) is 3.04. The summed E-state index contributed by atoms with van der Waals surface area (Å²) < 4.78 is 0. The molecule has 0 bridgehead atoms. The molecule has 0 spiro atoms. The van der Waals surface area contributed by atoms with E-state index < -0.39 is 0 Å². The van der Waals surface area contributed by atoms with Gasteiger partial charge in [-0.1, -0.05) is 37.6 Å². The number of amides is 1. The van der Waals surface area contributed by atoms with Crippen molar-refractivity contribution in [1.82, 2.24) is 15.6 Å². The van der Waals surface area contributed by atoms with Crippen LogP contribution in [0.15, 0.2) is 36.5 Å². The normalized spacial score (nSPS) is 11.3. The number of fused-ring (bicyclic) bond motifs is 1. The summed E-state index contributed by atoms with van der Waals surface area (Å²) in [4.78, 5) is 18.2. The Labute approximate surface area is 174 Å². The maximum atomic E-state index is 12.5. The van der Waals surface area contributed by atoms with Gasteiger partial charge in [0.25, 0.3) is 5.91 Å². The predicted octanol–water partition coefficient (Wildman–Crippen LogP) is 4.60. The highest BCUT2D eigenvalue weighted by Gasteiger charge is 2.13. The molecular formula is C21H25ClN4OS. The van der Waals surface area contributed by atoms with Crippen LogP contribution in [0, 0.1) is 5.92 Å². The fourth-order valence-electron chi connectivity index (χ4n) is 2.86. The lowest BCUT2D eigenvalue weighted by Crippen LogP contribution is -2.21. The van der Waals surface area contributed by atoms with Gasteiger partial charge in [0.05, 0.1) is 9.90 Å². The Balaban J connectivity index is 1.58. The molecule has 3 aromatic rings. The number of thiophene rings is 1. The fourth-order valence-corrected chi connectivity index (χ4v) is 4.16. The van der Waals surface area contributed by atoms with E-state index in [-0.39, 0.29) is 5.91 Å². The van der Waals surface area contributed by atoms with Gasteiger partial charge >= 0.3 is 0 Å². The molecule has 0 saturated carbocycles. The van der Waals surface area contributed by atoms with E-state index in [0.717, 1.165) is 34.2 Å². The number of carbonyl (C=O) groups is 1. The third-order valence-corrected chi connectivity index (χ3v) is 6.06. The molecule has 0 saturated heterocycles. The third-order valence-electron chi connectivity index (χ3n) is 4.48. The Morgan fingerprint density at radius 2 is 2.07 bits per heavy atom. The van der Waals surface area contributed by atoms with Crippen LogP contribution in [0.2, 0.25) is 5.02 Å². The highest BCUT2D eigenvalue weighted by molar-refractivity contribution is 7.14. The number of carbonyl (C=O) groups excluding carboxylic acids is 1. The molecule has 2 heterocycles. The van der Waals surface area contributed by atoms with Crippen LogP contribution >= 0.6 is 22.9 Å². The minimum atomic E-state index is -0.116. The van der Waals surface area contributed by atoms with E-state index in [4.69, 9.17) is 17.3 Å². The van der Waals surface area contributed by atoms with Gasteiger partial charge in [0.2, 0.25) is 0 Å². The first-order valence-electron chi connectivity index (χ1n) is 9.34. The van der Waals surface area contributed by atoms with Crippen molar-refractivity contribution in [2.45, 2.75) is 33.4 Å². The van der Waals surface area contributed by atoms with Crippen molar-refractivity contribution >= 4 is 45.4 Å². The second-order valence-corrected chi connectivity index (χ2v) is 8.72. The molecule has 0 aliphatic heterocycles. The minimum absolute atomic E-state index is 0.116. The largest absolute Gasteiger partial charge is 0.383 e. The van der Waals surface area contributed by atoms with E-state index in [1.807, 2.05) is 24.3 Å². The molecule has 2 aromatic heterocycles. The number of anilines is 1. The van der Waals surface area contributed by atoms with Crippen LogP contribution in [0.3, 0.4) is 0 Å². The summed E-state index contributed by atoms with van der Waals surface area (Å²) >= 11 is 7.74. The second kappa shape index (κ2) is 9.37. The summed E-state index contributed by atoms with van der Waals surface area (Å²) in [5.41, 5.74) is 6.89. The van der Waals surface area contributed by atoms with E-state index in [1.165, 1.54) is 11.3 Å². The molecule has 0 fully saturated rings. The summed E-state index contributed by atoms with van der Waals surface area (Å²) in [5.74, 6) is 1.06. The number of halogens is 1. The van der Waals surface area contributed by atoms with E-state index in [9.17, 15) is 4.79 Å². The van der Waals surface area contributed by atoms with E-state index >= 15 is 0 Å². The zero-order valence-electron chi connectivity index (χ0n) is 16.1. The van der Waals surface area contributed by atoms with Gasteiger partial charge in [-0.15, -0.1) is 11.3 Å². The summed E-state index contributed by atoms with van der Waals surface area (Å²) in [6.45, 7) is 6.46. The monoisotopic (exact) mass is 416 g/mol. The van der Waals surface area contributed by atoms with Crippen molar-refractivity contribution in [1.29, 1.82) is 0 Å². The lowest BCUT2D eigenvalue weighted by molar-refractivity contribution is 0.0955. The first-order chi connectivity index (χ1) is 13.4. The van der Waals surface area contributed by atoms with Crippen LogP contribution in [-0.2, 0) is 13.1 Å². The summed E-state index contributed by atoms with van der Waals surface area (Å²) in [5, 5.41) is 8.91. The number of nitrogens with one attached hydrogen (secondary N) is 2. The van der Waals surface area contributed by atoms with Crippen molar-refractivity contribution in [3.05, 3.63) is 56.9 Å². The molecule has 4 N–H and O–H groups in total. The maximum absolute atomic E-state index is 12.5. The Bertz CT molecular complexity index is 970. The van der Waals surface area contributed by atoms with Gasteiger partial charge in [0.1, 0.15) is 5.82 Å². The lowest BCUT2D eigenvalue weighted by atomic mass is 10.1. The molecule has 3 rings (SSSR count). The van der Waals surface area contributed by atoms with Crippen LogP contribution in [0.1, 0.15) is 40.4 Å². The molecule has 1 aromatic carbocycles. The van der Waals surface area contributed by atoms with Gasteiger partial charge < -0.3 is 16.4 Å². The predicted molar refractivity (Wildman–Crippen MR) is 118 cm³/mol. The van der Waals surface area contributed by atoms with Gasteiger partial charge in [-0.25, -0.2) is 4.98 Å². The standard InChI is InChI=1S/C21H25ClN4OS/c1-13(2)5-7-24-12-19-17(22)10-18(28-19)21(27)26-11-14-3-4-16-15(9-14)6-8-25-20(16)23/h3-4,6,8-10,13,24H,5,7,11-12H2,1-2H3,(H2,23,25)(H,26,27). The van der Waals surface area contributed by atoms with Crippen molar-refractivity contribution in [2.75, 3.05) is 12.3 Å². The molecule has 0 atom stereocenters. The smallest absolute Gasteiger partial charge is 0.261 e. The number of hydrogen-bond acceptors (Lipinski definition) is 5. The quantitative estimate of drug-likeness (QED) is 0.469. The van der Waals surface area contributed by atoms with Crippen LogP contribution in [0.4, 0.5) is 5.82 Å². The molecular weight excluding hydrogens is 392 g/mol. The highest BCUT2D eigenvalue weighted by atomic mass is 35.5.